The van der Waals surface area contributed by atoms with E-state index in [4.69, 9.17) is 16.5 Å². The zero-order valence-electron chi connectivity index (χ0n) is 9.14. The van der Waals surface area contributed by atoms with Gasteiger partial charge in [-0.15, -0.1) is 6.42 Å². The van der Waals surface area contributed by atoms with Gasteiger partial charge >= 0.3 is 0 Å². The summed E-state index contributed by atoms with van der Waals surface area (Å²) in [4.78, 5) is 4.69. The molecule has 0 aliphatic carbocycles. The van der Waals surface area contributed by atoms with Crippen molar-refractivity contribution in [1.29, 1.82) is 0 Å². The maximum absolute atomic E-state index is 8.71. The topological polar surface area (TPSA) is 54.2 Å². The Morgan fingerprint density at radius 2 is 2.00 bits per heavy atom. The van der Waals surface area contributed by atoms with Crippen molar-refractivity contribution in [3.63, 3.8) is 0 Å². The van der Waals surface area contributed by atoms with E-state index < -0.39 is 0 Å². The van der Waals surface area contributed by atoms with Crippen LogP contribution in [-0.4, -0.2) is 23.7 Å². The molecule has 1 rings (SSSR count). The van der Waals surface area contributed by atoms with Crippen molar-refractivity contribution in [3.05, 3.63) is 35.4 Å². The summed E-state index contributed by atoms with van der Waals surface area (Å²) in [5.74, 6) is 2.52. The maximum Gasteiger partial charge on any atom is 0.134 e. The van der Waals surface area contributed by atoms with Crippen molar-refractivity contribution in [1.82, 2.24) is 0 Å². The van der Waals surface area contributed by atoms with Crippen LogP contribution in [0.2, 0.25) is 0 Å². The molecule has 0 heterocycles. The second-order valence-electron chi connectivity index (χ2n) is 3.03. The van der Waals surface area contributed by atoms with Crippen LogP contribution in [0.4, 0.5) is 0 Å². The van der Waals surface area contributed by atoms with Crippen LogP contribution in [0.15, 0.2) is 34.6 Å². The number of terminal acetylenes is 1. The first kappa shape index (κ1) is 11.8. The molecule has 0 aliphatic heterocycles. The van der Waals surface area contributed by atoms with Crippen molar-refractivity contribution >= 4 is 11.4 Å². The summed E-state index contributed by atoms with van der Waals surface area (Å²) >= 11 is 0. The van der Waals surface area contributed by atoms with Crippen molar-refractivity contribution in [3.8, 4) is 12.3 Å². The van der Waals surface area contributed by atoms with E-state index in [1.54, 1.807) is 31.2 Å². The van der Waals surface area contributed by atoms with Crippen LogP contribution < -0.4 is 0 Å². The van der Waals surface area contributed by atoms with Crippen LogP contribution in [0.1, 0.15) is 18.1 Å². The summed E-state index contributed by atoms with van der Waals surface area (Å²) < 4.78 is 0. The normalized spacial score (nSPS) is 12.1. The Morgan fingerprint density at radius 1 is 1.38 bits per heavy atom. The molecule has 0 radical (unpaired) electrons. The first-order valence-electron chi connectivity index (χ1n) is 4.60. The van der Waals surface area contributed by atoms with E-state index in [-0.39, 0.29) is 0 Å². The molecule has 0 spiro atoms. The number of hydrogen-bond acceptors (Lipinski definition) is 4. The molecule has 1 aromatic rings. The smallest absolute Gasteiger partial charge is 0.134 e. The Hall–Kier alpha value is -2.28. The third-order valence-electron chi connectivity index (χ3n) is 2.00. The predicted octanol–water partition coefficient (Wildman–Crippen LogP) is 1.87. The molecule has 82 valence electrons. The van der Waals surface area contributed by atoms with Gasteiger partial charge in [-0.3, -0.25) is 0 Å². The summed E-state index contributed by atoms with van der Waals surface area (Å²) in [6.45, 7) is 1.63. The van der Waals surface area contributed by atoms with E-state index in [0.29, 0.717) is 11.4 Å². The highest BCUT2D eigenvalue weighted by atomic mass is 16.6. The molecular formula is C12H12N2O2. The molecule has 0 unspecified atom stereocenters. The molecule has 0 amide bonds. The van der Waals surface area contributed by atoms with Crippen LogP contribution >= 0.6 is 0 Å². The molecule has 0 bridgehead atoms. The number of hydrogen-bond donors (Lipinski definition) is 1. The van der Waals surface area contributed by atoms with E-state index in [0.717, 1.165) is 11.1 Å². The maximum atomic E-state index is 8.71. The fraction of sp³-hybridized carbons (Fsp3) is 0.167. The lowest BCUT2D eigenvalue weighted by Crippen LogP contribution is -2.12. The number of rotatable bonds is 3. The van der Waals surface area contributed by atoms with Crippen LogP contribution in [0, 0.1) is 12.3 Å². The Morgan fingerprint density at radius 3 is 2.44 bits per heavy atom. The van der Waals surface area contributed by atoms with Gasteiger partial charge in [0.1, 0.15) is 18.5 Å². The molecular weight excluding hydrogens is 204 g/mol. The first-order chi connectivity index (χ1) is 7.72. The van der Waals surface area contributed by atoms with Crippen LogP contribution in [0.5, 0.6) is 0 Å². The van der Waals surface area contributed by atoms with Gasteiger partial charge in [0, 0.05) is 11.1 Å². The van der Waals surface area contributed by atoms with Gasteiger partial charge in [-0.25, -0.2) is 0 Å². The van der Waals surface area contributed by atoms with E-state index >= 15 is 0 Å². The molecule has 0 aliphatic rings. The van der Waals surface area contributed by atoms with Crippen molar-refractivity contribution in [2.45, 2.75) is 6.92 Å². The van der Waals surface area contributed by atoms with Crippen molar-refractivity contribution in [2.24, 2.45) is 10.3 Å². The molecule has 0 atom stereocenters. The number of nitrogens with zero attached hydrogens (tertiary/aromatic N) is 2. The summed E-state index contributed by atoms with van der Waals surface area (Å²) in [6.07, 6.45) is 5.25. The van der Waals surface area contributed by atoms with Crippen molar-refractivity contribution < 1.29 is 10.0 Å². The Bertz CT molecular complexity index is 453. The molecule has 0 fully saturated rings. The molecule has 4 nitrogen and oxygen atoms in total. The van der Waals surface area contributed by atoms with Gasteiger partial charge in [0.2, 0.25) is 0 Å². The van der Waals surface area contributed by atoms with Crippen LogP contribution in [0.3, 0.4) is 0 Å². The zero-order valence-corrected chi connectivity index (χ0v) is 9.14. The van der Waals surface area contributed by atoms with E-state index in [2.05, 4.69) is 16.2 Å². The molecule has 0 aromatic heterocycles. The SMILES string of the molecule is C#Cc1ccc(C(=N\OC)/C(C)=N/O)cc1. The van der Waals surface area contributed by atoms with Crippen LogP contribution in [0.25, 0.3) is 0 Å². The molecule has 0 saturated heterocycles. The lowest BCUT2D eigenvalue weighted by molar-refractivity contribution is 0.214. The first-order valence-corrected chi connectivity index (χ1v) is 4.60. The van der Waals surface area contributed by atoms with E-state index in [1.165, 1.54) is 7.11 Å². The minimum absolute atomic E-state index is 0.371. The van der Waals surface area contributed by atoms with Gasteiger partial charge < -0.3 is 10.0 Å². The van der Waals surface area contributed by atoms with Crippen molar-refractivity contribution in [2.75, 3.05) is 7.11 Å². The van der Waals surface area contributed by atoms with Gasteiger partial charge in [0.25, 0.3) is 0 Å². The number of benzene rings is 1. The standard InChI is InChI=1S/C12H12N2O2/c1-4-10-5-7-11(8-6-10)12(14-16-3)9(2)13-15/h1,5-8,15H,2-3H3/b13-9+,14-12-. The fourth-order valence-electron chi connectivity index (χ4n) is 1.19. The fourth-order valence-corrected chi connectivity index (χ4v) is 1.19. The van der Waals surface area contributed by atoms with E-state index in [9.17, 15) is 0 Å². The average molecular weight is 216 g/mol. The minimum Gasteiger partial charge on any atom is -0.411 e. The van der Waals surface area contributed by atoms with Gasteiger partial charge in [0.05, 0.1) is 0 Å². The molecule has 16 heavy (non-hydrogen) atoms. The number of oxime groups is 2. The molecule has 4 heteroatoms. The summed E-state index contributed by atoms with van der Waals surface area (Å²) in [7, 11) is 1.43. The molecule has 1 N–H and O–H groups in total. The monoisotopic (exact) mass is 216 g/mol. The van der Waals surface area contributed by atoms with Crippen LogP contribution in [-0.2, 0) is 4.84 Å². The highest BCUT2D eigenvalue weighted by Gasteiger charge is 2.08. The summed E-state index contributed by atoms with van der Waals surface area (Å²) in [6, 6.07) is 7.15. The highest BCUT2D eigenvalue weighted by Crippen LogP contribution is 2.06. The highest BCUT2D eigenvalue weighted by molar-refractivity contribution is 6.47. The Balaban J connectivity index is 3.13. The van der Waals surface area contributed by atoms with Gasteiger partial charge in [-0.1, -0.05) is 28.4 Å². The predicted molar refractivity (Wildman–Crippen MR) is 62.8 cm³/mol. The quantitative estimate of drug-likeness (QED) is 0.363. The minimum atomic E-state index is 0.371. The zero-order chi connectivity index (χ0) is 12.0. The third kappa shape index (κ3) is 2.61. The Labute approximate surface area is 94.2 Å². The summed E-state index contributed by atoms with van der Waals surface area (Å²) in [5.41, 5.74) is 2.39. The van der Waals surface area contributed by atoms with Gasteiger partial charge in [0.15, 0.2) is 0 Å². The second kappa shape index (κ2) is 5.56. The summed E-state index contributed by atoms with van der Waals surface area (Å²) in [5, 5.41) is 15.6. The Kier molecular flexibility index (Phi) is 4.10. The molecule has 1 aromatic carbocycles. The lowest BCUT2D eigenvalue weighted by atomic mass is 10.1. The second-order valence-corrected chi connectivity index (χ2v) is 3.03. The lowest BCUT2D eigenvalue weighted by Gasteiger charge is -2.04. The van der Waals surface area contributed by atoms with Gasteiger partial charge in [-0.05, 0) is 19.1 Å². The van der Waals surface area contributed by atoms with E-state index in [1.807, 2.05) is 0 Å². The largest absolute Gasteiger partial charge is 0.411 e. The average Bonchev–Trinajstić information content (AvgIpc) is 2.35. The molecule has 0 saturated carbocycles. The van der Waals surface area contributed by atoms with Gasteiger partial charge in [-0.2, -0.15) is 0 Å². The third-order valence-corrected chi connectivity index (χ3v) is 2.00.